The molecule has 236 valence electrons. The lowest BCUT2D eigenvalue weighted by Gasteiger charge is -2.27. The Labute approximate surface area is 248 Å². The molecule has 3 amide bonds. The number of carbonyl (C=O) groups is 2. The highest BCUT2D eigenvalue weighted by atomic mass is 19.4. The van der Waals surface area contributed by atoms with E-state index in [9.17, 15) is 35.9 Å². The first kappa shape index (κ1) is 31.3. The first-order chi connectivity index (χ1) is 20.8. The van der Waals surface area contributed by atoms with E-state index in [4.69, 9.17) is 4.52 Å². The first-order valence-electron chi connectivity index (χ1n) is 14.1. The minimum Gasteiger partial charge on any atom is -0.424 e. The van der Waals surface area contributed by atoms with Crippen LogP contribution < -0.4 is 20.2 Å². The van der Waals surface area contributed by atoms with E-state index >= 15 is 0 Å². The molecule has 2 aromatic carbocycles. The van der Waals surface area contributed by atoms with Crippen molar-refractivity contribution in [3.8, 4) is 0 Å². The molecule has 0 radical (unpaired) electrons. The van der Waals surface area contributed by atoms with Crippen molar-refractivity contribution in [2.45, 2.75) is 63.0 Å². The van der Waals surface area contributed by atoms with Crippen molar-refractivity contribution in [1.29, 1.82) is 0 Å². The van der Waals surface area contributed by atoms with E-state index in [0.717, 1.165) is 17.7 Å². The van der Waals surface area contributed by atoms with Gasteiger partial charge in [0.15, 0.2) is 17.8 Å². The van der Waals surface area contributed by atoms with Crippen LogP contribution >= 0.6 is 0 Å². The lowest BCUT2D eigenvalue weighted by molar-refractivity contribution is -0.767. The van der Waals surface area contributed by atoms with Crippen LogP contribution in [0, 0.1) is 5.92 Å². The summed E-state index contributed by atoms with van der Waals surface area (Å²) in [5.41, 5.74) is -0.474. The monoisotopic (exact) mass is 624 g/mol. The van der Waals surface area contributed by atoms with Gasteiger partial charge in [-0.3, -0.25) is 9.59 Å². The van der Waals surface area contributed by atoms with E-state index in [0.29, 0.717) is 38.6 Å². The van der Waals surface area contributed by atoms with Gasteiger partial charge < -0.3 is 25.4 Å². The fourth-order valence-corrected chi connectivity index (χ4v) is 5.66. The van der Waals surface area contributed by atoms with E-state index in [1.54, 1.807) is 24.3 Å². The second-order valence-corrected chi connectivity index (χ2v) is 11.0. The molecule has 3 aromatic rings. The van der Waals surface area contributed by atoms with Gasteiger partial charge in [0.2, 0.25) is 18.0 Å². The first-order valence-corrected chi connectivity index (χ1v) is 14.1. The van der Waals surface area contributed by atoms with Crippen molar-refractivity contribution in [3.63, 3.8) is 0 Å². The number of nitrogens with one attached hydrogen (secondary N) is 2. The number of halogens is 6. The van der Waals surface area contributed by atoms with E-state index in [2.05, 4.69) is 21.2 Å². The van der Waals surface area contributed by atoms with Gasteiger partial charge in [-0.15, -0.1) is 0 Å². The topological polar surface area (TPSA) is 105 Å². The second kappa shape index (κ2) is 12.8. The standard InChI is InChI=1S/C29H30F6N6O3/c30-28(31,32)17-36-21-8-6-18(7-9-21)15-40-16-25(44-39-40)38-27(43)37-22-12-20(29(33,34)35)13-23(14-22)41-11-10-24(26(41)42)19-4-2-1-3-5-19/h1-5,12-14,16,18,21,24,36H,6-11,15,17H2,(H-,37,38,39,43)/t18?,21?,24-/m1/s1. The van der Waals surface area contributed by atoms with Crippen LogP contribution in [0.25, 0.3) is 5.32 Å². The highest BCUT2D eigenvalue weighted by Crippen LogP contribution is 2.38. The van der Waals surface area contributed by atoms with Crippen molar-refractivity contribution >= 4 is 29.2 Å². The molecule has 0 spiro atoms. The van der Waals surface area contributed by atoms with E-state index in [1.165, 1.54) is 21.8 Å². The summed E-state index contributed by atoms with van der Waals surface area (Å²) in [4.78, 5) is 27.0. The average molecular weight is 625 g/mol. The maximum Gasteiger partial charge on any atom is 0.416 e. The lowest BCUT2D eigenvalue weighted by atomic mass is 9.86. The van der Waals surface area contributed by atoms with Crippen molar-refractivity contribution in [2.24, 2.45) is 5.92 Å². The molecule has 5 rings (SSSR count). The van der Waals surface area contributed by atoms with E-state index in [-0.39, 0.29) is 41.7 Å². The molecular formula is C29H30F6N6O3. The third-order valence-electron chi connectivity index (χ3n) is 7.81. The number of alkyl halides is 6. The Bertz CT molecular complexity index is 1450. The quantitative estimate of drug-likeness (QED) is 0.222. The van der Waals surface area contributed by atoms with Crippen molar-refractivity contribution in [2.75, 3.05) is 23.3 Å². The number of nitrogens with zero attached hydrogens (tertiary/aromatic N) is 4. The molecule has 0 bridgehead atoms. The zero-order valence-corrected chi connectivity index (χ0v) is 23.4. The van der Waals surface area contributed by atoms with Crippen LogP contribution in [0.15, 0.2) is 59.3 Å². The van der Waals surface area contributed by atoms with Crippen LogP contribution in [0.3, 0.4) is 0 Å². The number of anilines is 2. The smallest absolute Gasteiger partial charge is 0.416 e. The number of urea groups is 1. The Morgan fingerprint density at radius 2 is 1.75 bits per heavy atom. The number of benzene rings is 2. The van der Waals surface area contributed by atoms with Crippen molar-refractivity contribution in [3.05, 3.63) is 71.2 Å². The fourth-order valence-electron chi connectivity index (χ4n) is 5.66. The average Bonchev–Trinajstić information content (AvgIpc) is 3.57. The summed E-state index contributed by atoms with van der Waals surface area (Å²) in [6.45, 7) is -0.418. The van der Waals surface area contributed by atoms with Crippen LogP contribution in [-0.2, 0) is 17.5 Å². The molecular weight excluding hydrogens is 594 g/mol. The minimum atomic E-state index is -4.74. The summed E-state index contributed by atoms with van der Waals surface area (Å²) in [5, 5.41) is 12.4. The molecule has 1 aliphatic carbocycles. The van der Waals surface area contributed by atoms with Crippen LogP contribution in [0.1, 0.15) is 49.1 Å². The number of aromatic nitrogens is 2. The predicted octanol–water partition coefficient (Wildman–Crippen LogP) is 6.45. The zero-order valence-electron chi connectivity index (χ0n) is 23.4. The number of hydrogen-bond acceptors (Lipinski definition) is 5. The third kappa shape index (κ3) is 8.07. The normalized spacial score (nSPS) is 21.0. The molecule has 1 aliphatic heterocycles. The summed E-state index contributed by atoms with van der Waals surface area (Å²) < 4.78 is 85.0. The van der Waals surface area contributed by atoms with Crippen LogP contribution in [0.4, 0.5) is 48.4 Å². The van der Waals surface area contributed by atoms with Crippen LogP contribution in [0.5, 0.6) is 0 Å². The predicted molar refractivity (Wildman–Crippen MR) is 146 cm³/mol. The Hall–Kier alpha value is -4.14. The van der Waals surface area contributed by atoms with Gasteiger partial charge in [-0.2, -0.15) is 26.3 Å². The Balaban J connectivity index is 1.19. The highest BCUT2D eigenvalue weighted by Gasteiger charge is 2.36. The Morgan fingerprint density at radius 3 is 2.43 bits per heavy atom. The van der Waals surface area contributed by atoms with E-state index in [1.807, 2.05) is 6.07 Å². The molecule has 0 unspecified atom stereocenters. The summed E-state index contributed by atoms with van der Waals surface area (Å²) in [6.07, 6.45) is -4.71. The molecule has 2 heterocycles. The number of hydrogen-bond donors (Lipinski definition) is 2. The lowest BCUT2D eigenvalue weighted by Crippen LogP contribution is -2.43. The third-order valence-corrected chi connectivity index (χ3v) is 7.81. The zero-order chi connectivity index (χ0) is 31.5. The number of rotatable bonds is 8. The molecule has 2 fully saturated rings. The largest absolute Gasteiger partial charge is 0.424 e. The molecule has 1 atom stereocenters. The summed E-state index contributed by atoms with van der Waals surface area (Å²) in [7, 11) is 0. The summed E-state index contributed by atoms with van der Waals surface area (Å²) >= 11 is 0. The fraction of sp³-hybridized carbons (Fsp3) is 0.448. The molecule has 2 N–H and O–H groups in total. The highest BCUT2D eigenvalue weighted by molar-refractivity contribution is 6.04. The number of amides is 3. The Morgan fingerprint density at radius 1 is 1.02 bits per heavy atom. The molecule has 1 saturated carbocycles. The summed E-state index contributed by atoms with van der Waals surface area (Å²) in [6, 6.07) is 10.7. The maximum absolute atomic E-state index is 13.7. The second-order valence-electron chi connectivity index (χ2n) is 11.0. The van der Waals surface area contributed by atoms with Crippen LogP contribution in [-0.4, -0.2) is 42.5 Å². The number of carbonyl (C=O) groups excluding carboxylic acids is 2. The van der Waals surface area contributed by atoms with Gasteiger partial charge in [0.05, 0.1) is 18.0 Å². The van der Waals surface area contributed by atoms with Gasteiger partial charge in [0.1, 0.15) is 0 Å². The molecule has 2 aliphatic rings. The Kier molecular flexibility index (Phi) is 9.13. The molecule has 1 aromatic heterocycles. The van der Waals surface area contributed by atoms with Crippen LogP contribution in [0.2, 0.25) is 0 Å². The molecule has 1 saturated heterocycles. The van der Waals surface area contributed by atoms with Gasteiger partial charge in [0.25, 0.3) is 0 Å². The van der Waals surface area contributed by atoms with Gasteiger partial charge in [0, 0.05) is 24.2 Å². The van der Waals surface area contributed by atoms with Gasteiger partial charge in [-0.1, -0.05) is 35.0 Å². The molecule has 44 heavy (non-hydrogen) atoms. The van der Waals surface area contributed by atoms with E-state index < -0.39 is 36.4 Å². The van der Waals surface area contributed by atoms with Crippen molar-refractivity contribution in [1.82, 2.24) is 10.6 Å². The van der Waals surface area contributed by atoms with Gasteiger partial charge in [-0.25, -0.2) is 0 Å². The minimum absolute atomic E-state index is 0.000564. The van der Waals surface area contributed by atoms with Crippen molar-refractivity contribution < 1.29 is 45.1 Å². The SMILES string of the molecule is O=C([N-]c1c[n+](CC2CCC(NCC(F)(F)F)CC2)no1)Nc1cc(N2CC[C@H](c3ccccc3)C2=O)cc(C(F)(F)F)c1. The maximum atomic E-state index is 13.7. The molecule has 9 nitrogen and oxygen atoms in total. The van der Waals surface area contributed by atoms with Gasteiger partial charge in [-0.05, 0) is 61.6 Å². The van der Waals surface area contributed by atoms with Gasteiger partial charge >= 0.3 is 12.4 Å². The summed E-state index contributed by atoms with van der Waals surface area (Å²) in [5.74, 6) is -0.877. The molecule has 15 heteroatoms.